The van der Waals surface area contributed by atoms with Gasteiger partial charge in [0.05, 0.1) is 6.20 Å². The SMILES string of the molecule is CCc1ncc(C(=O)NC(c2nc(C(C)C)no2)C2CCOCC2)[nH]1. The van der Waals surface area contributed by atoms with Crippen molar-refractivity contribution in [2.24, 2.45) is 5.92 Å². The predicted octanol–water partition coefficient (Wildman–Crippen LogP) is 2.38. The molecule has 2 aromatic heterocycles. The molecule has 1 aliphatic heterocycles. The topological polar surface area (TPSA) is 106 Å². The van der Waals surface area contributed by atoms with Crippen molar-refractivity contribution in [1.29, 1.82) is 0 Å². The number of rotatable bonds is 6. The lowest BCUT2D eigenvalue weighted by Crippen LogP contribution is -2.36. The van der Waals surface area contributed by atoms with E-state index in [0.717, 1.165) is 25.1 Å². The Bertz CT molecular complexity index is 703. The largest absolute Gasteiger partial charge is 0.381 e. The number of carbonyl (C=O) groups excluding carboxylic acids is 1. The maximum atomic E-state index is 12.6. The smallest absolute Gasteiger partial charge is 0.270 e. The molecule has 25 heavy (non-hydrogen) atoms. The van der Waals surface area contributed by atoms with Crippen LogP contribution in [-0.2, 0) is 11.2 Å². The molecule has 8 nitrogen and oxygen atoms in total. The highest BCUT2D eigenvalue weighted by molar-refractivity contribution is 5.92. The van der Waals surface area contributed by atoms with E-state index in [1.165, 1.54) is 0 Å². The van der Waals surface area contributed by atoms with Crippen molar-refractivity contribution in [2.45, 2.75) is 52.0 Å². The molecule has 1 amide bonds. The van der Waals surface area contributed by atoms with Crippen LogP contribution in [0.1, 0.15) is 73.6 Å². The van der Waals surface area contributed by atoms with Crippen molar-refractivity contribution in [3.05, 3.63) is 29.4 Å². The van der Waals surface area contributed by atoms with Gasteiger partial charge in [0.15, 0.2) is 5.82 Å². The van der Waals surface area contributed by atoms with Crippen LogP contribution in [0.25, 0.3) is 0 Å². The van der Waals surface area contributed by atoms with Gasteiger partial charge >= 0.3 is 0 Å². The summed E-state index contributed by atoms with van der Waals surface area (Å²) in [4.78, 5) is 24.4. The van der Waals surface area contributed by atoms with Gasteiger partial charge in [-0.3, -0.25) is 4.79 Å². The Morgan fingerprint density at radius 1 is 1.40 bits per heavy atom. The van der Waals surface area contributed by atoms with Crippen LogP contribution in [0.3, 0.4) is 0 Å². The fourth-order valence-electron chi connectivity index (χ4n) is 2.91. The summed E-state index contributed by atoms with van der Waals surface area (Å²) in [7, 11) is 0. The molecule has 1 fully saturated rings. The van der Waals surface area contributed by atoms with E-state index >= 15 is 0 Å². The maximum Gasteiger partial charge on any atom is 0.270 e. The summed E-state index contributed by atoms with van der Waals surface area (Å²) in [6.07, 6.45) is 3.99. The van der Waals surface area contributed by atoms with Crippen molar-refractivity contribution in [1.82, 2.24) is 25.4 Å². The van der Waals surface area contributed by atoms with Crippen LogP contribution in [0, 0.1) is 5.92 Å². The lowest BCUT2D eigenvalue weighted by molar-refractivity contribution is 0.0467. The third kappa shape index (κ3) is 4.07. The standard InChI is InChI=1S/C17H25N5O3/c1-4-13-18-9-12(19-13)16(23)20-14(11-5-7-24-8-6-11)17-21-15(10(2)3)22-25-17/h9-11,14H,4-8H2,1-3H3,(H,18,19)(H,20,23). The normalized spacial score (nSPS) is 17.0. The summed E-state index contributed by atoms with van der Waals surface area (Å²) >= 11 is 0. The average Bonchev–Trinajstić information content (AvgIpc) is 3.29. The minimum atomic E-state index is -0.329. The fourth-order valence-corrected chi connectivity index (χ4v) is 2.91. The number of nitrogens with one attached hydrogen (secondary N) is 2. The summed E-state index contributed by atoms with van der Waals surface area (Å²) in [6.45, 7) is 7.34. The highest BCUT2D eigenvalue weighted by Crippen LogP contribution is 2.30. The number of aromatic nitrogens is 4. The monoisotopic (exact) mass is 347 g/mol. The number of nitrogens with zero attached hydrogens (tertiary/aromatic N) is 3. The van der Waals surface area contributed by atoms with Crippen molar-refractivity contribution < 1.29 is 14.1 Å². The zero-order valence-electron chi connectivity index (χ0n) is 14.9. The molecule has 2 aromatic rings. The maximum absolute atomic E-state index is 12.6. The first kappa shape index (κ1) is 17.6. The van der Waals surface area contributed by atoms with Gasteiger partial charge in [-0.2, -0.15) is 4.98 Å². The van der Waals surface area contributed by atoms with E-state index in [1.54, 1.807) is 6.20 Å². The van der Waals surface area contributed by atoms with Gasteiger partial charge in [0.1, 0.15) is 17.6 Å². The van der Waals surface area contributed by atoms with E-state index in [-0.39, 0.29) is 23.8 Å². The first-order valence-corrected chi connectivity index (χ1v) is 8.84. The van der Waals surface area contributed by atoms with Gasteiger partial charge in [-0.1, -0.05) is 25.9 Å². The molecular weight excluding hydrogens is 322 g/mol. The van der Waals surface area contributed by atoms with Gasteiger partial charge < -0.3 is 19.6 Å². The Morgan fingerprint density at radius 3 is 2.76 bits per heavy atom. The first-order valence-electron chi connectivity index (χ1n) is 8.84. The predicted molar refractivity (Wildman–Crippen MR) is 90.1 cm³/mol. The molecule has 1 saturated heterocycles. The molecule has 136 valence electrons. The van der Waals surface area contributed by atoms with E-state index < -0.39 is 0 Å². The van der Waals surface area contributed by atoms with Crippen LogP contribution in [0.2, 0.25) is 0 Å². The summed E-state index contributed by atoms with van der Waals surface area (Å²) in [5.74, 6) is 2.05. The summed E-state index contributed by atoms with van der Waals surface area (Å²) in [6, 6.07) is -0.329. The summed E-state index contributed by atoms with van der Waals surface area (Å²) in [5, 5.41) is 7.09. The quantitative estimate of drug-likeness (QED) is 0.831. The second kappa shape index (κ2) is 7.77. The molecule has 0 saturated carbocycles. The number of aromatic amines is 1. The van der Waals surface area contributed by atoms with E-state index in [2.05, 4.69) is 25.4 Å². The van der Waals surface area contributed by atoms with Crippen LogP contribution in [0.4, 0.5) is 0 Å². The molecule has 1 aliphatic rings. The molecule has 1 atom stereocenters. The Morgan fingerprint density at radius 2 is 2.16 bits per heavy atom. The van der Waals surface area contributed by atoms with Gasteiger partial charge in [-0.25, -0.2) is 4.98 Å². The first-order chi connectivity index (χ1) is 12.1. The molecule has 3 heterocycles. The third-order valence-corrected chi connectivity index (χ3v) is 4.47. The van der Waals surface area contributed by atoms with Gasteiger partial charge in [-0.05, 0) is 18.8 Å². The Kier molecular flexibility index (Phi) is 5.47. The average molecular weight is 347 g/mol. The molecule has 1 unspecified atom stereocenters. The van der Waals surface area contributed by atoms with Crippen LogP contribution in [0.5, 0.6) is 0 Å². The molecule has 3 rings (SSSR count). The van der Waals surface area contributed by atoms with E-state index in [9.17, 15) is 4.79 Å². The van der Waals surface area contributed by atoms with E-state index in [1.807, 2.05) is 20.8 Å². The van der Waals surface area contributed by atoms with Crippen molar-refractivity contribution >= 4 is 5.91 Å². The van der Waals surface area contributed by atoms with Crippen LogP contribution < -0.4 is 5.32 Å². The number of carbonyl (C=O) groups is 1. The number of amides is 1. The van der Waals surface area contributed by atoms with Gasteiger partial charge in [0, 0.05) is 25.6 Å². The number of ether oxygens (including phenoxy) is 1. The number of imidazole rings is 1. The highest BCUT2D eigenvalue weighted by atomic mass is 16.5. The minimum Gasteiger partial charge on any atom is -0.381 e. The van der Waals surface area contributed by atoms with E-state index in [0.29, 0.717) is 30.6 Å². The molecular formula is C17H25N5O3. The summed E-state index contributed by atoms with van der Waals surface area (Å²) in [5.41, 5.74) is 0.442. The van der Waals surface area contributed by atoms with E-state index in [4.69, 9.17) is 9.26 Å². The molecule has 0 radical (unpaired) electrons. The lowest BCUT2D eigenvalue weighted by atomic mass is 9.91. The zero-order valence-corrected chi connectivity index (χ0v) is 14.9. The number of hydrogen-bond acceptors (Lipinski definition) is 6. The highest BCUT2D eigenvalue weighted by Gasteiger charge is 2.32. The second-order valence-electron chi connectivity index (χ2n) is 6.64. The molecule has 0 bridgehead atoms. The Balaban J connectivity index is 1.81. The van der Waals surface area contributed by atoms with Gasteiger partial charge in [0.2, 0.25) is 5.89 Å². The van der Waals surface area contributed by atoms with Crippen LogP contribution >= 0.6 is 0 Å². The summed E-state index contributed by atoms with van der Waals surface area (Å²) < 4.78 is 10.9. The molecule has 0 aliphatic carbocycles. The van der Waals surface area contributed by atoms with Gasteiger partial charge in [-0.15, -0.1) is 0 Å². The van der Waals surface area contributed by atoms with Crippen LogP contribution in [0.15, 0.2) is 10.7 Å². The number of hydrogen-bond donors (Lipinski definition) is 2. The molecule has 0 spiro atoms. The molecule has 2 N–H and O–H groups in total. The third-order valence-electron chi connectivity index (χ3n) is 4.47. The van der Waals surface area contributed by atoms with Crippen LogP contribution in [-0.4, -0.2) is 39.2 Å². The van der Waals surface area contributed by atoms with Gasteiger partial charge in [0.25, 0.3) is 5.91 Å². The van der Waals surface area contributed by atoms with Crippen molar-refractivity contribution in [3.63, 3.8) is 0 Å². The zero-order chi connectivity index (χ0) is 17.8. The van der Waals surface area contributed by atoms with Crippen molar-refractivity contribution in [3.8, 4) is 0 Å². The fraction of sp³-hybridized carbons (Fsp3) is 0.647. The minimum absolute atomic E-state index is 0.170. The second-order valence-corrected chi connectivity index (χ2v) is 6.64. The Labute approximate surface area is 146 Å². The lowest BCUT2D eigenvalue weighted by Gasteiger charge is -2.28. The van der Waals surface area contributed by atoms with Crippen molar-refractivity contribution in [2.75, 3.05) is 13.2 Å². The number of aryl methyl sites for hydroxylation is 1. The number of H-pyrrole nitrogens is 1. The molecule has 8 heteroatoms. The Hall–Kier alpha value is -2.22. The molecule has 0 aromatic carbocycles.